The number of hydrogen-bond acceptors (Lipinski definition) is 4. The van der Waals surface area contributed by atoms with Gasteiger partial charge in [0.15, 0.2) is 0 Å². The molecule has 1 aliphatic heterocycles. The molecule has 2 heterocycles. The van der Waals surface area contributed by atoms with Crippen molar-refractivity contribution in [2.45, 2.75) is 32.4 Å². The van der Waals surface area contributed by atoms with Crippen molar-refractivity contribution in [2.75, 3.05) is 33.4 Å². The maximum absolute atomic E-state index is 5.66. The lowest BCUT2D eigenvalue weighted by atomic mass is 9.95. The Hall–Kier alpha value is -0.970. The smallest absolute Gasteiger partial charge is 0.0543 e. The maximum Gasteiger partial charge on any atom is 0.0543 e. The molecule has 1 saturated heterocycles. The van der Waals surface area contributed by atoms with Crippen LogP contribution in [0.5, 0.6) is 0 Å². The minimum atomic E-state index is 0.573. The van der Waals surface area contributed by atoms with E-state index in [1.54, 1.807) is 0 Å². The lowest BCUT2D eigenvalue weighted by Gasteiger charge is -2.34. The fraction of sp³-hybridized carbons (Fsp3) is 0.688. The Morgan fingerprint density at radius 3 is 3.10 bits per heavy atom. The van der Waals surface area contributed by atoms with Crippen LogP contribution in [0.2, 0.25) is 0 Å². The van der Waals surface area contributed by atoms with Crippen molar-refractivity contribution in [1.82, 2.24) is 15.2 Å². The van der Waals surface area contributed by atoms with Gasteiger partial charge in [-0.2, -0.15) is 0 Å². The number of pyridine rings is 1. The molecule has 2 unspecified atom stereocenters. The van der Waals surface area contributed by atoms with Crippen molar-refractivity contribution in [3.63, 3.8) is 0 Å². The number of ether oxygens (including phenoxy) is 1. The Bertz CT molecular complexity index is 371. The summed E-state index contributed by atoms with van der Waals surface area (Å²) in [6.45, 7) is 7.03. The fourth-order valence-electron chi connectivity index (χ4n) is 2.81. The second-order valence-electron chi connectivity index (χ2n) is 5.70. The van der Waals surface area contributed by atoms with Crippen LogP contribution in [-0.4, -0.2) is 49.3 Å². The van der Waals surface area contributed by atoms with E-state index >= 15 is 0 Å². The zero-order chi connectivity index (χ0) is 14.2. The first-order valence-electron chi connectivity index (χ1n) is 7.69. The van der Waals surface area contributed by atoms with E-state index in [9.17, 15) is 0 Å². The van der Waals surface area contributed by atoms with Gasteiger partial charge in [0.05, 0.1) is 12.3 Å². The second kappa shape index (κ2) is 8.35. The predicted octanol–water partition coefficient (Wildman–Crippen LogP) is 1.92. The summed E-state index contributed by atoms with van der Waals surface area (Å²) >= 11 is 0. The quantitative estimate of drug-likeness (QED) is 0.826. The summed E-state index contributed by atoms with van der Waals surface area (Å²) in [6.07, 6.45) is 4.18. The first kappa shape index (κ1) is 15.4. The Kier molecular flexibility index (Phi) is 6.43. The number of nitrogens with one attached hydrogen (secondary N) is 1. The number of aromatic nitrogens is 1. The van der Waals surface area contributed by atoms with Crippen molar-refractivity contribution < 1.29 is 4.74 Å². The third-order valence-electron chi connectivity index (χ3n) is 3.83. The van der Waals surface area contributed by atoms with Gasteiger partial charge in [0.2, 0.25) is 0 Å². The van der Waals surface area contributed by atoms with E-state index < -0.39 is 0 Å². The Morgan fingerprint density at radius 2 is 2.35 bits per heavy atom. The molecule has 20 heavy (non-hydrogen) atoms. The summed E-state index contributed by atoms with van der Waals surface area (Å²) in [6, 6.07) is 6.69. The van der Waals surface area contributed by atoms with E-state index in [0.717, 1.165) is 45.0 Å². The Balaban J connectivity index is 1.83. The Labute approximate surface area is 122 Å². The lowest BCUT2D eigenvalue weighted by molar-refractivity contribution is 0.0188. The molecular weight excluding hydrogens is 250 g/mol. The van der Waals surface area contributed by atoms with Crippen LogP contribution in [0.25, 0.3) is 0 Å². The topological polar surface area (TPSA) is 37.4 Å². The van der Waals surface area contributed by atoms with E-state index in [2.05, 4.69) is 35.2 Å². The molecule has 1 aliphatic rings. The van der Waals surface area contributed by atoms with Crippen LogP contribution in [0.15, 0.2) is 24.4 Å². The summed E-state index contributed by atoms with van der Waals surface area (Å²) in [7, 11) is 2.17. The molecule has 0 radical (unpaired) electrons. The lowest BCUT2D eigenvalue weighted by Crippen LogP contribution is -2.47. The van der Waals surface area contributed by atoms with E-state index in [1.165, 1.54) is 6.42 Å². The molecule has 112 valence electrons. The molecule has 0 spiro atoms. The van der Waals surface area contributed by atoms with Crippen LogP contribution in [-0.2, 0) is 11.3 Å². The SMILES string of the molecule is CCCNC1CCOCC1CN(C)Cc1ccccn1. The van der Waals surface area contributed by atoms with Gasteiger partial charge in [-0.25, -0.2) is 0 Å². The van der Waals surface area contributed by atoms with Crippen LogP contribution in [0.4, 0.5) is 0 Å². The highest BCUT2D eigenvalue weighted by molar-refractivity contribution is 5.03. The van der Waals surface area contributed by atoms with Gasteiger partial charge in [0.1, 0.15) is 0 Å². The van der Waals surface area contributed by atoms with Gasteiger partial charge < -0.3 is 15.0 Å². The molecule has 2 rings (SSSR count). The van der Waals surface area contributed by atoms with E-state index in [0.29, 0.717) is 12.0 Å². The van der Waals surface area contributed by atoms with E-state index in [1.807, 2.05) is 18.3 Å². The first-order valence-corrected chi connectivity index (χ1v) is 7.69. The van der Waals surface area contributed by atoms with Gasteiger partial charge >= 0.3 is 0 Å². The normalized spacial score (nSPS) is 23.1. The van der Waals surface area contributed by atoms with Crippen molar-refractivity contribution in [1.29, 1.82) is 0 Å². The van der Waals surface area contributed by atoms with Crippen LogP contribution in [0.3, 0.4) is 0 Å². The highest BCUT2D eigenvalue weighted by Crippen LogP contribution is 2.16. The molecule has 4 heteroatoms. The molecule has 1 fully saturated rings. The van der Waals surface area contributed by atoms with Gasteiger partial charge in [-0.1, -0.05) is 13.0 Å². The maximum atomic E-state index is 5.66. The van der Waals surface area contributed by atoms with E-state index in [4.69, 9.17) is 4.74 Å². The summed E-state index contributed by atoms with van der Waals surface area (Å²) in [4.78, 5) is 6.74. The molecule has 1 N–H and O–H groups in total. The van der Waals surface area contributed by atoms with Gasteiger partial charge in [0.25, 0.3) is 0 Å². The molecule has 0 aromatic carbocycles. The van der Waals surface area contributed by atoms with Crippen LogP contribution < -0.4 is 5.32 Å². The number of rotatable bonds is 7. The molecule has 0 bridgehead atoms. The van der Waals surface area contributed by atoms with Crippen molar-refractivity contribution >= 4 is 0 Å². The molecule has 0 aliphatic carbocycles. The second-order valence-corrected chi connectivity index (χ2v) is 5.70. The summed E-state index contributed by atoms with van der Waals surface area (Å²) in [5.74, 6) is 0.573. The average molecular weight is 277 g/mol. The molecular formula is C16H27N3O. The zero-order valence-electron chi connectivity index (χ0n) is 12.7. The average Bonchev–Trinajstić information content (AvgIpc) is 2.47. The molecule has 0 amide bonds. The molecule has 1 aromatic rings. The summed E-state index contributed by atoms with van der Waals surface area (Å²) < 4.78 is 5.66. The third kappa shape index (κ3) is 4.85. The summed E-state index contributed by atoms with van der Waals surface area (Å²) in [5, 5.41) is 3.67. The van der Waals surface area contributed by atoms with Crippen LogP contribution in [0, 0.1) is 5.92 Å². The molecule has 4 nitrogen and oxygen atoms in total. The highest BCUT2D eigenvalue weighted by Gasteiger charge is 2.26. The Morgan fingerprint density at radius 1 is 1.45 bits per heavy atom. The minimum Gasteiger partial charge on any atom is -0.381 e. The predicted molar refractivity (Wildman–Crippen MR) is 81.6 cm³/mol. The van der Waals surface area contributed by atoms with E-state index in [-0.39, 0.29) is 0 Å². The van der Waals surface area contributed by atoms with Crippen molar-refractivity contribution in [3.8, 4) is 0 Å². The largest absolute Gasteiger partial charge is 0.381 e. The van der Waals surface area contributed by atoms with Crippen LogP contribution >= 0.6 is 0 Å². The third-order valence-corrected chi connectivity index (χ3v) is 3.83. The minimum absolute atomic E-state index is 0.573. The fourth-order valence-corrected chi connectivity index (χ4v) is 2.81. The van der Waals surface area contributed by atoms with Crippen molar-refractivity contribution in [3.05, 3.63) is 30.1 Å². The molecule has 1 aromatic heterocycles. The molecule has 2 atom stereocenters. The van der Waals surface area contributed by atoms with Crippen molar-refractivity contribution in [2.24, 2.45) is 5.92 Å². The number of hydrogen-bond donors (Lipinski definition) is 1. The molecule has 0 saturated carbocycles. The van der Waals surface area contributed by atoms with Gasteiger partial charge in [-0.05, 0) is 38.6 Å². The summed E-state index contributed by atoms with van der Waals surface area (Å²) in [5.41, 5.74) is 1.13. The van der Waals surface area contributed by atoms with Crippen LogP contribution in [0.1, 0.15) is 25.5 Å². The highest BCUT2D eigenvalue weighted by atomic mass is 16.5. The van der Waals surface area contributed by atoms with Gasteiger partial charge in [-0.15, -0.1) is 0 Å². The van der Waals surface area contributed by atoms with Gasteiger partial charge in [0, 0.05) is 37.9 Å². The van der Waals surface area contributed by atoms with Gasteiger partial charge in [-0.3, -0.25) is 4.98 Å². The number of nitrogens with zero attached hydrogens (tertiary/aromatic N) is 2. The monoisotopic (exact) mass is 277 g/mol. The zero-order valence-corrected chi connectivity index (χ0v) is 12.7. The first-order chi connectivity index (χ1) is 9.79. The standard InChI is InChI=1S/C16H27N3O/c1-3-8-18-16-7-10-20-13-14(16)11-19(2)12-15-6-4-5-9-17-15/h4-6,9,14,16,18H,3,7-8,10-13H2,1-2H3.